The third-order valence-corrected chi connectivity index (χ3v) is 2.88. The summed E-state index contributed by atoms with van der Waals surface area (Å²) in [4.78, 5) is 11.9. The van der Waals surface area contributed by atoms with Gasteiger partial charge in [0.05, 0.1) is 18.4 Å². The van der Waals surface area contributed by atoms with Crippen molar-refractivity contribution in [2.45, 2.75) is 6.92 Å². The predicted molar refractivity (Wildman–Crippen MR) is 72.0 cm³/mol. The molecule has 0 saturated heterocycles. The molecule has 94 valence electrons. The van der Waals surface area contributed by atoms with Crippen LogP contribution in [0.25, 0.3) is 0 Å². The van der Waals surface area contributed by atoms with Crippen LogP contribution in [-0.4, -0.2) is 12.5 Å². The number of nitrogens with one attached hydrogen (secondary N) is 1. The van der Waals surface area contributed by atoms with Gasteiger partial charge in [-0.05, 0) is 41.1 Å². The SMILES string of the molecule is CCOc1cccc(NC(=O)c2ccoc2Br)c1. The zero-order valence-corrected chi connectivity index (χ0v) is 11.4. The summed E-state index contributed by atoms with van der Waals surface area (Å²) in [5, 5.41) is 2.78. The van der Waals surface area contributed by atoms with Crippen LogP contribution < -0.4 is 10.1 Å². The van der Waals surface area contributed by atoms with Gasteiger partial charge >= 0.3 is 0 Å². The second-order valence-electron chi connectivity index (χ2n) is 3.52. The highest BCUT2D eigenvalue weighted by atomic mass is 79.9. The molecule has 0 spiro atoms. The number of carbonyl (C=O) groups is 1. The summed E-state index contributed by atoms with van der Waals surface area (Å²) >= 11 is 3.17. The lowest BCUT2D eigenvalue weighted by molar-refractivity contribution is 0.102. The molecule has 4 nitrogen and oxygen atoms in total. The lowest BCUT2D eigenvalue weighted by Crippen LogP contribution is -2.11. The van der Waals surface area contributed by atoms with E-state index in [1.54, 1.807) is 18.2 Å². The molecule has 2 rings (SSSR count). The van der Waals surface area contributed by atoms with Crippen molar-refractivity contribution in [3.63, 3.8) is 0 Å². The Morgan fingerprint density at radius 1 is 1.44 bits per heavy atom. The van der Waals surface area contributed by atoms with E-state index in [0.717, 1.165) is 5.75 Å². The van der Waals surface area contributed by atoms with E-state index in [1.165, 1.54) is 6.26 Å². The Labute approximate surface area is 113 Å². The van der Waals surface area contributed by atoms with E-state index in [-0.39, 0.29) is 5.91 Å². The van der Waals surface area contributed by atoms with E-state index in [9.17, 15) is 4.79 Å². The molecule has 0 aliphatic rings. The van der Waals surface area contributed by atoms with E-state index in [0.29, 0.717) is 22.5 Å². The lowest BCUT2D eigenvalue weighted by atomic mass is 10.2. The summed E-state index contributed by atoms with van der Waals surface area (Å²) < 4.78 is 10.8. The number of ether oxygens (including phenoxy) is 1. The molecule has 0 fully saturated rings. The second-order valence-corrected chi connectivity index (χ2v) is 4.24. The summed E-state index contributed by atoms with van der Waals surface area (Å²) in [6.45, 7) is 2.50. The van der Waals surface area contributed by atoms with Crippen LogP contribution in [-0.2, 0) is 0 Å². The first kappa shape index (κ1) is 12.7. The highest BCUT2D eigenvalue weighted by Gasteiger charge is 2.12. The Morgan fingerprint density at radius 3 is 2.94 bits per heavy atom. The fraction of sp³-hybridized carbons (Fsp3) is 0.154. The van der Waals surface area contributed by atoms with Crippen molar-refractivity contribution in [2.75, 3.05) is 11.9 Å². The molecule has 0 unspecified atom stereocenters. The van der Waals surface area contributed by atoms with Gasteiger partial charge in [0, 0.05) is 11.8 Å². The fourth-order valence-corrected chi connectivity index (χ4v) is 1.90. The van der Waals surface area contributed by atoms with Crippen LogP contribution in [0.3, 0.4) is 0 Å². The quantitative estimate of drug-likeness (QED) is 0.937. The first-order valence-electron chi connectivity index (χ1n) is 5.48. The van der Waals surface area contributed by atoms with Gasteiger partial charge in [0.2, 0.25) is 0 Å². The van der Waals surface area contributed by atoms with Crippen molar-refractivity contribution in [3.8, 4) is 5.75 Å². The average molecular weight is 310 g/mol. The van der Waals surface area contributed by atoms with E-state index in [1.807, 2.05) is 19.1 Å². The van der Waals surface area contributed by atoms with Crippen LogP contribution in [0.5, 0.6) is 5.75 Å². The van der Waals surface area contributed by atoms with Crippen molar-refractivity contribution in [1.29, 1.82) is 0 Å². The van der Waals surface area contributed by atoms with E-state index >= 15 is 0 Å². The zero-order chi connectivity index (χ0) is 13.0. The Balaban J connectivity index is 2.12. The molecule has 0 radical (unpaired) electrons. The van der Waals surface area contributed by atoms with Crippen LogP contribution in [0.1, 0.15) is 17.3 Å². The summed E-state index contributed by atoms with van der Waals surface area (Å²) in [5.74, 6) is 0.492. The molecule has 1 aromatic heterocycles. The van der Waals surface area contributed by atoms with Crippen LogP contribution in [0.4, 0.5) is 5.69 Å². The van der Waals surface area contributed by atoms with E-state index in [2.05, 4.69) is 21.2 Å². The zero-order valence-electron chi connectivity index (χ0n) is 9.77. The summed E-state index contributed by atoms with van der Waals surface area (Å²) in [5.41, 5.74) is 1.14. The van der Waals surface area contributed by atoms with E-state index in [4.69, 9.17) is 9.15 Å². The summed E-state index contributed by atoms with van der Waals surface area (Å²) in [7, 11) is 0. The molecule has 0 bridgehead atoms. The number of halogens is 1. The van der Waals surface area contributed by atoms with Gasteiger partial charge in [0.15, 0.2) is 4.67 Å². The second kappa shape index (κ2) is 5.73. The number of amides is 1. The van der Waals surface area contributed by atoms with Crippen LogP contribution in [0, 0.1) is 0 Å². The minimum atomic E-state index is -0.232. The molecule has 0 aliphatic heterocycles. The minimum absolute atomic E-state index is 0.232. The fourth-order valence-electron chi connectivity index (χ4n) is 1.48. The Bertz CT molecular complexity index is 551. The molecule has 0 aliphatic carbocycles. The Morgan fingerprint density at radius 2 is 2.28 bits per heavy atom. The van der Waals surface area contributed by atoms with Gasteiger partial charge in [0.25, 0.3) is 5.91 Å². The first-order valence-corrected chi connectivity index (χ1v) is 6.27. The van der Waals surface area contributed by atoms with Gasteiger partial charge in [-0.3, -0.25) is 4.79 Å². The van der Waals surface area contributed by atoms with Gasteiger partial charge < -0.3 is 14.5 Å². The summed E-state index contributed by atoms with van der Waals surface area (Å²) in [6, 6.07) is 8.84. The molecule has 18 heavy (non-hydrogen) atoms. The van der Waals surface area contributed by atoms with Gasteiger partial charge in [-0.15, -0.1) is 0 Å². The monoisotopic (exact) mass is 309 g/mol. The number of anilines is 1. The normalized spacial score (nSPS) is 10.1. The molecule has 0 saturated carbocycles. The molecule has 0 atom stereocenters. The van der Waals surface area contributed by atoms with Crippen molar-refractivity contribution in [1.82, 2.24) is 0 Å². The molecule has 1 heterocycles. The van der Waals surface area contributed by atoms with Gasteiger partial charge in [-0.25, -0.2) is 0 Å². The molecule has 5 heteroatoms. The number of benzene rings is 1. The minimum Gasteiger partial charge on any atom is -0.494 e. The van der Waals surface area contributed by atoms with Crippen molar-refractivity contribution in [3.05, 3.63) is 46.8 Å². The standard InChI is InChI=1S/C13H12BrNO3/c1-2-17-10-5-3-4-9(8-10)15-13(16)11-6-7-18-12(11)14/h3-8H,2H2,1H3,(H,15,16). The third-order valence-electron chi connectivity index (χ3n) is 2.27. The Hall–Kier alpha value is -1.75. The van der Waals surface area contributed by atoms with Gasteiger partial charge in [-0.2, -0.15) is 0 Å². The van der Waals surface area contributed by atoms with Crippen molar-refractivity contribution >= 4 is 27.5 Å². The number of rotatable bonds is 4. The number of hydrogen-bond acceptors (Lipinski definition) is 3. The topological polar surface area (TPSA) is 51.5 Å². The summed E-state index contributed by atoms with van der Waals surface area (Å²) in [6.07, 6.45) is 1.45. The highest BCUT2D eigenvalue weighted by molar-refractivity contribution is 9.10. The molecular weight excluding hydrogens is 298 g/mol. The van der Waals surface area contributed by atoms with Crippen molar-refractivity contribution < 1.29 is 13.9 Å². The maximum atomic E-state index is 11.9. The third kappa shape index (κ3) is 2.92. The lowest BCUT2D eigenvalue weighted by Gasteiger charge is -2.07. The van der Waals surface area contributed by atoms with Crippen LogP contribution in [0.2, 0.25) is 0 Å². The Kier molecular flexibility index (Phi) is 4.04. The highest BCUT2D eigenvalue weighted by Crippen LogP contribution is 2.21. The van der Waals surface area contributed by atoms with Crippen LogP contribution in [0.15, 0.2) is 45.7 Å². The smallest absolute Gasteiger partial charge is 0.260 e. The number of furan rings is 1. The largest absolute Gasteiger partial charge is 0.494 e. The maximum absolute atomic E-state index is 11.9. The van der Waals surface area contributed by atoms with Gasteiger partial charge in [0.1, 0.15) is 5.75 Å². The van der Waals surface area contributed by atoms with Crippen molar-refractivity contribution in [2.24, 2.45) is 0 Å². The number of hydrogen-bond donors (Lipinski definition) is 1. The molecule has 1 aromatic carbocycles. The van der Waals surface area contributed by atoms with Crippen LogP contribution >= 0.6 is 15.9 Å². The predicted octanol–water partition coefficient (Wildman–Crippen LogP) is 3.69. The van der Waals surface area contributed by atoms with Gasteiger partial charge in [-0.1, -0.05) is 6.07 Å². The van der Waals surface area contributed by atoms with E-state index < -0.39 is 0 Å². The molecule has 1 amide bonds. The molecule has 1 N–H and O–H groups in total. The number of carbonyl (C=O) groups excluding carboxylic acids is 1. The average Bonchev–Trinajstić information content (AvgIpc) is 2.76. The molecular formula is C13H12BrNO3. The molecule has 2 aromatic rings. The maximum Gasteiger partial charge on any atom is 0.260 e. The first-order chi connectivity index (χ1) is 8.70.